The highest BCUT2D eigenvalue weighted by atomic mass is 32.1. The first-order valence-corrected chi connectivity index (χ1v) is 17.6. The van der Waals surface area contributed by atoms with Gasteiger partial charge in [0.05, 0.1) is 5.39 Å². The van der Waals surface area contributed by atoms with Crippen LogP contribution in [0.25, 0.3) is 10.2 Å². The van der Waals surface area contributed by atoms with Crippen LogP contribution in [0.5, 0.6) is 0 Å². The maximum atomic E-state index is 12.2. The molecule has 0 saturated heterocycles. The van der Waals surface area contributed by atoms with Crippen molar-refractivity contribution in [3.8, 4) is 0 Å². The molecule has 0 radical (unpaired) electrons. The van der Waals surface area contributed by atoms with Crippen molar-refractivity contribution >= 4 is 41.8 Å². The monoisotopic (exact) mass is 546 g/mol. The summed E-state index contributed by atoms with van der Waals surface area (Å²) in [5, 5.41) is 8.26. The van der Waals surface area contributed by atoms with Crippen molar-refractivity contribution in [1.82, 2.24) is 15.3 Å². The predicted octanol–water partition coefficient (Wildman–Crippen LogP) is 7.38. The number of carbonyl (C=O) groups excluding carboxylic acids is 1. The van der Waals surface area contributed by atoms with Gasteiger partial charge >= 0.3 is 6.09 Å². The van der Waals surface area contributed by atoms with Crippen molar-refractivity contribution in [1.29, 1.82) is 0 Å². The molecule has 2 aliphatic rings. The Morgan fingerprint density at radius 1 is 1.05 bits per heavy atom. The van der Waals surface area contributed by atoms with Crippen LogP contribution in [-0.2, 0) is 15.6 Å². The number of aryl methyl sites for hydroxylation is 1. The summed E-state index contributed by atoms with van der Waals surface area (Å²) < 4.78 is 12.0. The molecule has 4 rings (SSSR count). The molecule has 37 heavy (non-hydrogen) atoms. The Morgan fingerprint density at radius 3 is 2.38 bits per heavy atom. The highest BCUT2D eigenvalue weighted by molar-refractivity contribution is 7.19. The van der Waals surface area contributed by atoms with Gasteiger partial charge in [0.15, 0.2) is 8.32 Å². The van der Waals surface area contributed by atoms with Crippen LogP contribution in [0.15, 0.2) is 6.33 Å². The van der Waals surface area contributed by atoms with Gasteiger partial charge in [-0.25, -0.2) is 14.8 Å². The van der Waals surface area contributed by atoms with Gasteiger partial charge in [-0.1, -0.05) is 20.8 Å². The van der Waals surface area contributed by atoms with Gasteiger partial charge in [0.2, 0.25) is 0 Å². The number of thiophene rings is 1. The lowest BCUT2D eigenvalue weighted by Gasteiger charge is -2.36. The number of carbonyl (C=O) groups is 1. The normalized spacial score (nSPS) is 22.6. The summed E-state index contributed by atoms with van der Waals surface area (Å²) in [7, 11) is -1.74. The predicted molar refractivity (Wildman–Crippen MR) is 155 cm³/mol. The van der Waals surface area contributed by atoms with Gasteiger partial charge in [-0.05, 0) is 95.3 Å². The van der Waals surface area contributed by atoms with E-state index in [1.165, 1.54) is 22.2 Å². The average Bonchev–Trinajstić information content (AvgIpc) is 3.33. The fourth-order valence-corrected chi connectivity index (χ4v) is 7.49. The van der Waals surface area contributed by atoms with E-state index in [0.29, 0.717) is 12.0 Å². The maximum Gasteiger partial charge on any atom is 0.407 e. The number of fused-ring (bicyclic) bond motifs is 3. The highest BCUT2D eigenvalue weighted by Gasteiger charge is 2.38. The first-order valence-electron chi connectivity index (χ1n) is 13.9. The van der Waals surface area contributed by atoms with Crippen molar-refractivity contribution in [3.05, 3.63) is 16.8 Å². The molecule has 9 heteroatoms. The second-order valence-electron chi connectivity index (χ2n) is 13.3. The topological polar surface area (TPSA) is 85.4 Å². The number of nitrogens with zero attached hydrogens (tertiary/aromatic N) is 2. The third-order valence-electron chi connectivity index (χ3n) is 8.25. The zero-order valence-corrected chi connectivity index (χ0v) is 25.8. The number of alkyl carbamates (subject to hydrolysis) is 1. The third-order valence-corrected chi connectivity index (χ3v) is 14.0. The van der Waals surface area contributed by atoms with Crippen LogP contribution in [0.4, 0.5) is 10.6 Å². The van der Waals surface area contributed by atoms with E-state index in [1.54, 1.807) is 6.33 Å². The van der Waals surface area contributed by atoms with Crippen molar-refractivity contribution < 1.29 is 14.0 Å². The number of anilines is 1. The minimum absolute atomic E-state index is 0.161. The van der Waals surface area contributed by atoms with Gasteiger partial charge in [0, 0.05) is 23.6 Å². The van der Waals surface area contributed by atoms with Crippen LogP contribution in [0, 0.1) is 0 Å². The summed E-state index contributed by atoms with van der Waals surface area (Å²) in [5.74, 6) is 1.48. The smallest absolute Gasteiger partial charge is 0.407 e. The Kier molecular flexibility index (Phi) is 8.27. The van der Waals surface area contributed by atoms with E-state index in [0.717, 1.165) is 55.8 Å². The van der Waals surface area contributed by atoms with Crippen LogP contribution in [-0.4, -0.2) is 48.7 Å². The fraction of sp³-hybridized carbons (Fsp3) is 0.750. The number of hydrogen-bond donors (Lipinski definition) is 2. The Hall–Kier alpha value is -1.71. The summed E-state index contributed by atoms with van der Waals surface area (Å²) in [4.78, 5) is 24.1. The molecular formula is C28H46N4O3SSi. The van der Waals surface area contributed by atoms with Crippen LogP contribution in [0.1, 0.15) is 96.4 Å². The Morgan fingerprint density at radius 2 is 1.73 bits per heavy atom. The summed E-state index contributed by atoms with van der Waals surface area (Å²) in [6, 6.07) is 0.501. The zero-order chi connectivity index (χ0) is 27.0. The summed E-state index contributed by atoms with van der Waals surface area (Å²) in [5.41, 5.74) is 0.985. The molecule has 0 spiro atoms. The van der Waals surface area contributed by atoms with Crippen molar-refractivity contribution in [3.63, 3.8) is 0 Å². The molecule has 206 valence electrons. The van der Waals surface area contributed by atoms with Crippen molar-refractivity contribution in [2.24, 2.45) is 0 Å². The van der Waals surface area contributed by atoms with Crippen molar-refractivity contribution in [2.75, 3.05) is 11.9 Å². The first-order chi connectivity index (χ1) is 17.2. The molecule has 2 aromatic rings. The minimum atomic E-state index is -1.74. The summed E-state index contributed by atoms with van der Waals surface area (Å²) in [6.45, 7) is 18.1. The van der Waals surface area contributed by atoms with Crippen molar-refractivity contribution in [2.45, 2.75) is 128 Å². The van der Waals surface area contributed by atoms with Gasteiger partial charge in [0.25, 0.3) is 0 Å². The van der Waals surface area contributed by atoms with E-state index in [4.69, 9.17) is 14.1 Å². The van der Waals surface area contributed by atoms with Crippen LogP contribution < -0.4 is 10.6 Å². The Bertz CT molecular complexity index is 1100. The molecule has 2 N–H and O–H groups in total. The number of aromatic nitrogens is 2. The second kappa shape index (κ2) is 10.8. The number of amides is 1. The van der Waals surface area contributed by atoms with E-state index < -0.39 is 13.9 Å². The summed E-state index contributed by atoms with van der Waals surface area (Å²) in [6.07, 6.45) is 8.59. The second-order valence-corrected chi connectivity index (χ2v) is 19.2. The minimum Gasteiger partial charge on any atom is -0.444 e. The largest absolute Gasteiger partial charge is 0.444 e. The quantitative estimate of drug-likeness (QED) is 0.352. The first kappa shape index (κ1) is 28.3. The molecule has 0 aliphatic heterocycles. The molecular weight excluding hydrogens is 500 g/mol. The number of rotatable bonds is 7. The average molecular weight is 547 g/mol. The number of ether oxygens (including phenoxy) is 1. The zero-order valence-electron chi connectivity index (χ0n) is 24.0. The lowest BCUT2D eigenvalue weighted by atomic mass is 9.91. The number of hydrogen-bond acceptors (Lipinski definition) is 7. The van der Waals surface area contributed by atoms with E-state index in [2.05, 4.69) is 49.5 Å². The van der Waals surface area contributed by atoms with Gasteiger partial charge < -0.3 is 19.8 Å². The maximum absolute atomic E-state index is 12.2. The highest BCUT2D eigenvalue weighted by Crippen LogP contribution is 2.47. The molecule has 0 unspecified atom stereocenters. The van der Waals surface area contributed by atoms with E-state index in [1.807, 2.05) is 32.1 Å². The third kappa shape index (κ3) is 6.84. The Labute approximate surface area is 227 Å². The molecule has 7 nitrogen and oxygen atoms in total. The van der Waals surface area contributed by atoms with Gasteiger partial charge in [-0.2, -0.15) is 0 Å². The standard InChI is InChI=1S/C28H46N4O3SSi/c1-27(2,3)35-26(33)32-20-12-10-19(11-13-20)31-24-23-22-18(15-16-34-37(7,8)28(4,5)6)9-14-21(22)36-25(23)30-17-29-24/h17-20H,9-16H2,1-8H3,(H,32,33)(H,29,30,31)/t18-,19?,20?/m1/s1. The molecule has 2 aromatic heterocycles. The molecule has 1 amide bonds. The van der Waals surface area contributed by atoms with Gasteiger partial charge in [-0.15, -0.1) is 11.3 Å². The lowest BCUT2D eigenvalue weighted by Crippen LogP contribution is -2.42. The molecule has 1 saturated carbocycles. The molecule has 0 aromatic carbocycles. The SMILES string of the molecule is CC(C)(C)OC(=O)NC1CCC(Nc2ncnc3sc4c(c23)[C@@H](CCO[Si](C)(C)C(C)(C)C)CC4)CC1. The van der Waals surface area contributed by atoms with E-state index >= 15 is 0 Å². The molecule has 2 heterocycles. The van der Waals surface area contributed by atoms with E-state index in [9.17, 15) is 4.79 Å². The lowest BCUT2D eigenvalue weighted by molar-refractivity contribution is 0.0492. The van der Waals surface area contributed by atoms with E-state index in [-0.39, 0.29) is 17.2 Å². The van der Waals surface area contributed by atoms with Gasteiger partial charge in [0.1, 0.15) is 22.6 Å². The molecule has 0 bridgehead atoms. The molecule has 1 atom stereocenters. The van der Waals surface area contributed by atoms with Crippen LogP contribution in [0.2, 0.25) is 18.1 Å². The fourth-order valence-electron chi connectivity index (χ4n) is 5.19. The summed E-state index contributed by atoms with van der Waals surface area (Å²) >= 11 is 1.84. The molecule has 2 aliphatic carbocycles. The van der Waals surface area contributed by atoms with Crippen LogP contribution in [0.3, 0.4) is 0 Å². The Balaban J connectivity index is 1.39. The number of nitrogens with one attached hydrogen (secondary N) is 2. The van der Waals surface area contributed by atoms with Crippen LogP contribution >= 0.6 is 11.3 Å². The molecule has 1 fully saturated rings. The van der Waals surface area contributed by atoms with Gasteiger partial charge in [-0.3, -0.25) is 0 Å².